The molecule has 0 spiro atoms. The second-order valence-corrected chi connectivity index (χ2v) is 8.43. The molecular formula is C27H28N6O. The van der Waals surface area contributed by atoms with Gasteiger partial charge in [0, 0.05) is 43.4 Å². The lowest BCUT2D eigenvalue weighted by Gasteiger charge is -2.17. The predicted octanol–water partition coefficient (Wildman–Crippen LogP) is 5.34. The number of aromatic nitrogens is 3. The molecule has 4 aromatic rings. The smallest absolute Gasteiger partial charge is 0.257 e. The lowest BCUT2D eigenvalue weighted by atomic mass is 10.1. The fourth-order valence-electron chi connectivity index (χ4n) is 3.59. The first-order chi connectivity index (χ1) is 16.4. The van der Waals surface area contributed by atoms with Crippen molar-refractivity contribution in [3.63, 3.8) is 0 Å². The van der Waals surface area contributed by atoms with E-state index in [-0.39, 0.29) is 11.9 Å². The van der Waals surface area contributed by atoms with Crippen molar-refractivity contribution >= 4 is 23.1 Å². The Morgan fingerprint density at radius 2 is 1.74 bits per heavy atom. The SMILES string of the molecule is Cc1cncc(C(=O)Nc2cccc([C@H](C)Nc3cncc(-c4cccc(N(C)C)c4)n3)c2)c1. The molecule has 0 aliphatic rings. The molecule has 2 aromatic carbocycles. The predicted molar refractivity (Wildman–Crippen MR) is 137 cm³/mol. The minimum absolute atomic E-state index is 0.0462. The summed E-state index contributed by atoms with van der Waals surface area (Å²) in [5.74, 6) is 0.494. The highest BCUT2D eigenvalue weighted by Crippen LogP contribution is 2.25. The van der Waals surface area contributed by atoms with Crippen LogP contribution in [0.3, 0.4) is 0 Å². The summed E-state index contributed by atoms with van der Waals surface area (Å²) in [6, 6.07) is 17.7. The summed E-state index contributed by atoms with van der Waals surface area (Å²) in [6.07, 6.45) is 6.77. The van der Waals surface area contributed by atoms with Crippen LogP contribution in [0.5, 0.6) is 0 Å². The molecule has 0 bridgehead atoms. The first-order valence-corrected chi connectivity index (χ1v) is 11.1. The number of hydrogen-bond donors (Lipinski definition) is 2. The van der Waals surface area contributed by atoms with Gasteiger partial charge in [-0.2, -0.15) is 0 Å². The highest BCUT2D eigenvalue weighted by molar-refractivity contribution is 6.04. The molecule has 2 aromatic heterocycles. The molecule has 7 nitrogen and oxygen atoms in total. The highest BCUT2D eigenvalue weighted by atomic mass is 16.1. The number of carbonyl (C=O) groups excluding carboxylic acids is 1. The first kappa shape index (κ1) is 22.9. The molecule has 0 fully saturated rings. The second kappa shape index (κ2) is 10.1. The van der Waals surface area contributed by atoms with Gasteiger partial charge in [-0.3, -0.25) is 14.8 Å². The Balaban J connectivity index is 1.48. The van der Waals surface area contributed by atoms with E-state index in [1.54, 1.807) is 24.8 Å². The third kappa shape index (κ3) is 5.56. The Bertz CT molecular complexity index is 1300. The Kier molecular flexibility index (Phi) is 6.82. The molecular weight excluding hydrogens is 424 g/mol. The average molecular weight is 453 g/mol. The topological polar surface area (TPSA) is 83.0 Å². The molecule has 2 heterocycles. The zero-order chi connectivity index (χ0) is 24.1. The van der Waals surface area contributed by atoms with Crippen LogP contribution in [0.25, 0.3) is 11.3 Å². The van der Waals surface area contributed by atoms with Crippen molar-refractivity contribution in [3.8, 4) is 11.3 Å². The van der Waals surface area contributed by atoms with Gasteiger partial charge in [0.2, 0.25) is 0 Å². The molecule has 4 rings (SSSR count). The van der Waals surface area contributed by atoms with Crippen LogP contribution in [-0.2, 0) is 0 Å². The molecule has 0 aliphatic heterocycles. The van der Waals surface area contributed by atoms with Crippen molar-refractivity contribution in [2.75, 3.05) is 29.6 Å². The first-order valence-electron chi connectivity index (χ1n) is 11.1. The van der Waals surface area contributed by atoms with Crippen LogP contribution in [0.1, 0.15) is 34.5 Å². The summed E-state index contributed by atoms with van der Waals surface area (Å²) in [6.45, 7) is 3.96. The Labute approximate surface area is 199 Å². The zero-order valence-corrected chi connectivity index (χ0v) is 19.8. The van der Waals surface area contributed by atoms with Gasteiger partial charge in [0.25, 0.3) is 5.91 Å². The molecule has 2 N–H and O–H groups in total. The summed E-state index contributed by atoms with van der Waals surface area (Å²) in [4.78, 5) is 27.9. The van der Waals surface area contributed by atoms with Crippen molar-refractivity contribution < 1.29 is 4.79 Å². The molecule has 0 unspecified atom stereocenters. The maximum Gasteiger partial charge on any atom is 0.257 e. The third-order valence-electron chi connectivity index (χ3n) is 5.44. The maximum absolute atomic E-state index is 12.6. The molecule has 1 amide bonds. The van der Waals surface area contributed by atoms with Gasteiger partial charge in [-0.1, -0.05) is 24.3 Å². The second-order valence-electron chi connectivity index (χ2n) is 8.43. The zero-order valence-electron chi connectivity index (χ0n) is 19.8. The van der Waals surface area contributed by atoms with Crippen molar-refractivity contribution in [2.45, 2.75) is 19.9 Å². The lowest BCUT2D eigenvalue weighted by molar-refractivity contribution is 0.102. The van der Waals surface area contributed by atoms with E-state index in [9.17, 15) is 4.79 Å². The highest BCUT2D eigenvalue weighted by Gasteiger charge is 2.11. The number of anilines is 3. The van der Waals surface area contributed by atoms with Gasteiger partial charge in [0.15, 0.2) is 0 Å². The summed E-state index contributed by atoms with van der Waals surface area (Å²) in [7, 11) is 4.03. The Morgan fingerprint density at radius 1 is 0.941 bits per heavy atom. The van der Waals surface area contributed by atoms with Gasteiger partial charge >= 0.3 is 0 Å². The fraction of sp³-hybridized carbons (Fsp3) is 0.185. The standard InChI is InChI=1S/C27H28N6O/c1-18-11-22(15-28-14-18)27(34)31-23-9-5-7-20(12-23)19(2)30-26-17-29-16-25(32-26)21-8-6-10-24(13-21)33(3)4/h5-17,19H,1-4H3,(H,30,32)(H,31,34)/t19-/m0/s1. The van der Waals surface area contributed by atoms with Crippen LogP contribution in [0, 0.1) is 6.92 Å². The third-order valence-corrected chi connectivity index (χ3v) is 5.44. The summed E-state index contributed by atoms with van der Waals surface area (Å²) in [5.41, 5.74) is 6.11. The molecule has 0 aliphatic carbocycles. The van der Waals surface area contributed by atoms with Gasteiger partial charge < -0.3 is 15.5 Å². The Morgan fingerprint density at radius 3 is 2.53 bits per heavy atom. The normalized spacial score (nSPS) is 11.5. The summed E-state index contributed by atoms with van der Waals surface area (Å²) in [5, 5.41) is 6.37. The number of rotatable bonds is 7. The molecule has 0 radical (unpaired) electrons. The average Bonchev–Trinajstić information content (AvgIpc) is 2.84. The molecule has 7 heteroatoms. The van der Waals surface area contributed by atoms with Gasteiger partial charge in [0.1, 0.15) is 5.82 Å². The number of amides is 1. The summed E-state index contributed by atoms with van der Waals surface area (Å²) >= 11 is 0. The number of aryl methyl sites for hydroxylation is 1. The fourth-order valence-corrected chi connectivity index (χ4v) is 3.59. The van der Waals surface area contributed by atoms with Gasteiger partial charge in [-0.15, -0.1) is 0 Å². The van der Waals surface area contributed by atoms with E-state index >= 15 is 0 Å². The van der Waals surface area contributed by atoms with Crippen molar-refractivity contribution in [2.24, 2.45) is 0 Å². The lowest BCUT2D eigenvalue weighted by Crippen LogP contribution is -2.13. The largest absolute Gasteiger partial charge is 0.378 e. The number of nitrogens with one attached hydrogen (secondary N) is 2. The number of benzene rings is 2. The van der Waals surface area contributed by atoms with E-state index in [1.165, 1.54) is 0 Å². The monoisotopic (exact) mass is 452 g/mol. The van der Waals surface area contributed by atoms with Crippen LogP contribution in [0.2, 0.25) is 0 Å². The van der Waals surface area contributed by atoms with Gasteiger partial charge in [0.05, 0.1) is 29.7 Å². The van der Waals surface area contributed by atoms with Crippen LogP contribution < -0.4 is 15.5 Å². The van der Waals surface area contributed by atoms with Crippen molar-refractivity contribution in [1.82, 2.24) is 15.0 Å². The van der Waals surface area contributed by atoms with E-state index in [4.69, 9.17) is 4.98 Å². The molecule has 1 atom stereocenters. The number of carbonyl (C=O) groups is 1. The van der Waals surface area contributed by atoms with E-state index in [0.29, 0.717) is 11.4 Å². The minimum atomic E-state index is -0.188. The molecule has 0 saturated carbocycles. The molecule has 34 heavy (non-hydrogen) atoms. The van der Waals surface area contributed by atoms with Crippen molar-refractivity contribution in [3.05, 3.63) is 96.1 Å². The summed E-state index contributed by atoms with van der Waals surface area (Å²) < 4.78 is 0. The van der Waals surface area contributed by atoms with Gasteiger partial charge in [-0.05, 0) is 55.3 Å². The van der Waals surface area contributed by atoms with Crippen molar-refractivity contribution in [1.29, 1.82) is 0 Å². The van der Waals surface area contributed by atoms with E-state index < -0.39 is 0 Å². The number of pyridine rings is 1. The quantitative estimate of drug-likeness (QED) is 0.394. The minimum Gasteiger partial charge on any atom is -0.378 e. The maximum atomic E-state index is 12.6. The van der Waals surface area contributed by atoms with Crippen LogP contribution >= 0.6 is 0 Å². The molecule has 0 saturated heterocycles. The van der Waals surface area contributed by atoms with Crippen LogP contribution in [0.4, 0.5) is 17.2 Å². The van der Waals surface area contributed by atoms with Crippen LogP contribution in [0.15, 0.2) is 79.4 Å². The van der Waals surface area contributed by atoms with E-state index in [2.05, 4.69) is 37.6 Å². The van der Waals surface area contributed by atoms with E-state index in [0.717, 1.165) is 33.8 Å². The van der Waals surface area contributed by atoms with Gasteiger partial charge in [-0.25, -0.2) is 4.98 Å². The van der Waals surface area contributed by atoms with Crippen LogP contribution in [-0.4, -0.2) is 35.0 Å². The van der Waals surface area contributed by atoms with E-state index in [1.807, 2.05) is 70.4 Å². The molecule has 172 valence electrons. The number of nitrogens with zero attached hydrogens (tertiary/aromatic N) is 4. The number of hydrogen-bond acceptors (Lipinski definition) is 6. The Hall–Kier alpha value is -4.26.